The largest absolute Gasteiger partial charge is 0.481 e. The summed E-state index contributed by atoms with van der Waals surface area (Å²) in [5.41, 5.74) is 2.25. The van der Waals surface area contributed by atoms with Crippen molar-refractivity contribution in [1.82, 2.24) is 4.90 Å². The molecule has 2 aromatic rings. The van der Waals surface area contributed by atoms with Crippen molar-refractivity contribution in [2.75, 3.05) is 25.5 Å². The van der Waals surface area contributed by atoms with Crippen molar-refractivity contribution in [3.63, 3.8) is 0 Å². The molecule has 0 aliphatic heterocycles. The molecule has 0 saturated heterocycles. The molecule has 5 heteroatoms. The van der Waals surface area contributed by atoms with Crippen LogP contribution in [0.1, 0.15) is 19.4 Å². The van der Waals surface area contributed by atoms with E-state index in [1.54, 1.807) is 6.92 Å². The first-order valence-electron chi connectivity index (χ1n) is 8.38. The molecule has 4 nitrogen and oxygen atoms in total. The van der Waals surface area contributed by atoms with Crippen molar-refractivity contribution in [2.45, 2.75) is 26.5 Å². The van der Waals surface area contributed by atoms with Gasteiger partial charge < -0.3 is 14.5 Å². The van der Waals surface area contributed by atoms with Gasteiger partial charge in [-0.15, -0.1) is 0 Å². The SMILES string of the molecule is CCN(Cc1ccc(N(C)C)cc1)C(=O)C(C)Oc1ccc(Br)cc1. The molecule has 0 bridgehead atoms. The number of benzene rings is 2. The maximum atomic E-state index is 12.7. The fourth-order valence-corrected chi connectivity index (χ4v) is 2.75. The second kappa shape index (κ2) is 8.90. The van der Waals surface area contributed by atoms with Gasteiger partial charge in [-0.25, -0.2) is 0 Å². The summed E-state index contributed by atoms with van der Waals surface area (Å²) in [7, 11) is 4.02. The Morgan fingerprint density at radius 1 is 1.08 bits per heavy atom. The standard InChI is InChI=1S/C20H25BrN2O2/c1-5-23(14-16-6-10-18(11-7-16)22(3)4)20(24)15(2)25-19-12-8-17(21)9-13-19/h6-13,15H,5,14H2,1-4H3. The van der Waals surface area contributed by atoms with Crippen LogP contribution in [0.5, 0.6) is 5.75 Å². The van der Waals surface area contributed by atoms with Gasteiger partial charge in [-0.05, 0) is 55.8 Å². The summed E-state index contributed by atoms with van der Waals surface area (Å²) < 4.78 is 6.77. The average Bonchev–Trinajstić information content (AvgIpc) is 2.61. The highest BCUT2D eigenvalue weighted by Gasteiger charge is 2.21. The summed E-state index contributed by atoms with van der Waals surface area (Å²) in [5, 5.41) is 0. The summed E-state index contributed by atoms with van der Waals surface area (Å²) in [4.78, 5) is 16.6. The first-order valence-corrected chi connectivity index (χ1v) is 9.17. The molecule has 1 atom stereocenters. The van der Waals surface area contributed by atoms with Crippen molar-refractivity contribution >= 4 is 27.5 Å². The van der Waals surface area contributed by atoms with E-state index < -0.39 is 6.10 Å². The van der Waals surface area contributed by atoms with Crippen molar-refractivity contribution in [3.8, 4) is 5.75 Å². The molecule has 0 spiro atoms. The molecule has 2 aromatic carbocycles. The van der Waals surface area contributed by atoms with Crippen molar-refractivity contribution in [2.24, 2.45) is 0 Å². The third kappa shape index (κ3) is 5.49. The zero-order chi connectivity index (χ0) is 18.4. The topological polar surface area (TPSA) is 32.8 Å². The maximum absolute atomic E-state index is 12.7. The van der Waals surface area contributed by atoms with Gasteiger partial charge in [-0.1, -0.05) is 28.1 Å². The third-order valence-electron chi connectivity index (χ3n) is 3.99. The van der Waals surface area contributed by atoms with Crippen LogP contribution >= 0.6 is 15.9 Å². The number of rotatable bonds is 7. The van der Waals surface area contributed by atoms with E-state index in [9.17, 15) is 4.79 Å². The Labute approximate surface area is 158 Å². The Balaban J connectivity index is 2.00. The molecule has 0 saturated carbocycles. The molecular formula is C20H25BrN2O2. The van der Waals surface area contributed by atoms with Crippen LogP contribution in [0.2, 0.25) is 0 Å². The Kier molecular flexibility index (Phi) is 6.88. The van der Waals surface area contributed by atoms with Gasteiger partial charge in [0.1, 0.15) is 5.75 Å². The second-order valence-corrected chi connectivity index (χ2v) is 7.04. The van der Waals surface area contributed by atoms with Gasteiger partial charge in [0.25, 0.3) is 5.91 Å². The quantitative estimate of drug-likeness (QED) is 0.688. The summed E-state index contributed by atoms with van der Waals surface area (Å²) in [6.07, 6.45) is -0.526. The molecule has 1 amide bonds. The van der Waals surface area contributed by atoms with Gasteiger partial charge in [0.2, 0.25) is 0 Å². The summed E-state index contributed by atoms with van der Waals surface area (Å²) in [6.45, 7) is 5.00. The number of ether oxygens (including phenoxy) is 1. The van der Waals surface area contributed by atoms with Gasteiger partial charge in [0.05, 0.1) is 0 Å². The van der Waals surface area contributed by atoms with E-state index in [-0.39, 0.29) is 5.91 Å². The first kappa shape index (κ1) is 19.3. The predicted molar refractivity (Wildman–Crippen MR) is 106 cm³/mol. The zero-order valence-electron chi connectivity index (χ0n) is 15.2. The predicted octanol–water partition coefficient (Wildman–Crippen LogP) is 4.33. The van der Waals surface area contributed by atoms with Crippen molar-refractivity contribution in [1.29, 1.82) is 0 Å². The maximum Gasteiger partial charge on any atom is 0.263 e. The molecule has 2 rings (SSSR count). The summed E-state index contributed by atoms with van der Waals surface area (Å²) in [5.74, 6) is 0.678. The lowest BCUT2D eigenvalue weighted by atomic mass is 10.1. The number of amides is 1. The minimum Gasteiger partial charge on any atom is -0.481 e. The Morgan fingerprint density at radius 3 is 2.20 bits per heavy atom. The van der Waals surface area contributed by atoms with E-state index in [1.807, 2.05) is 50.2 Å². The molecule has 0 N–H and O–H groups in total. The number of carbonyl (C=O) groups is 1. The first-order chi connectivity index (χ1) is 11.9. The Hall–Kier alpha value is -2.01. The number of hydrogen-bond acceptors (Lipinski definition) is 3. The third-order valence-corrected chi connectivity index (χ3v) is 4.52. The van der Waals surface area contributed by atoms with Gasteiger partial charge in [-0.3, -0.25) is 4.79 Å². The van der Waals surface area contributed by atoms with Crippen LogP contribution in [0.4, 0.5) is 5.69 Å². The lowest BCUT2D eigenvalue weighted by Gasteiger charge is -2.25. The van der Waals surface area contributed by atoms with Gasteiger partial charge >= 0.3 is 0 Å². The Morgan fingerprint density at radius 2 is 1.68 bits per heavy atom. The van der Waals surface area contributed by atoms with E-state index in [4.69, 9.17) is 4.74 Å². The van der Waals surface area contributed by atoms with Gasteiger partial charge in [0.15, 0.2) is 6.10 Å². The van der Waals surface area contributed by atoms with Crippen LogP contribution in [-0.4, -0.2) is 37.6 Å². The van der Waals surface area contributed by atoms with E-state index in [2.05, 4.69) is 45.1 Å². The molecule has 1 unspecified atom stereocenters. The number of halogens is 1. The van der Waals surface area contributed by atoms with E-state index >= 15 is 0 Å². The number of nitrogens with zero attached hydrogens (tertiary/aromatic N) is 2. The van der Waals surface area contributed by atoms with E-state index in [0.29, 0.717) is 18.8 Å². The highest BCUT2D eigenvalue weighted by molar-refractivity contribution is 9.10. The van der Waals surface area contributed by atoms with E-state index in [1.165, 1.54) is 0 Å². The highest BCUT2D eigenvalue weighted by Crippen LogP contribution is 2.19. The van der Waals surface area contributed by atoms with Crippen LogP contribution in [0.15, 0.2) is 53.0 Å². The molecule has 0 radical (unpaired) electrons. The van der Waals surface area contributed by atoms with Crippen LogP contribution in [0.3, 0.4) is 0 Å². The lowest BCUT2D eigenvalue weighted by Crippen LogP contribution is -2.39. The minimum atomic E-state index is -0.526. The minimum absolute atomic E-state index is 0.0119. The zero-order valence-corrected chi connectivity index (χ0v) is 16.8. The number of anilines is 1. The fraction of sp³-hybridized carbons (Fsp3) is 0.350. The highest BCUT2D eigenvalue weighted by atomic mass is 79.9. The van der Waals surface area contributed by atoms with Crippen LogP contribution in [0.25, 0.3) is 0 Å². The summed E-state index contributed by atoms with van der Waals surface area (Å²) in [6, 6.07) is 15.8. The molecule has 0 heterocycles. The Bertz CT molecular complexity index is 684. The van der Waals surface area contributed by atoms with Crippen LogP contribution in [0, 0.1) is 0 Å². The monoisotopic (exact) mass is 404 g/mol. The van der Waals surface area contributed by atoms with Crippen molar-refractivity contribution in [3.05, 3.63) is 58.6 Å². The average molecular weight is 405 g/mol. The van der Waals surface area contributed by atoms with E-state index in [0.717, 1.165) is 15.7 Å². The van der Waals surface area contributed by atoms with Crippen molar-refractivity contribution < 1.29 is 9.53 Å². The molecule has 0 fully saturated rings. The number of hydrogen-bond donors (Lipinski definition) is 0. The van der Waals surface area contributed by atoms with Crippen LogP contribution < -0.4 is 9.64 Å². The molecular weight excluding hydrogens is 380 g/mol. The lowest BCUT2D eigenvalue weighted by molar-refractivity contribution is -0.138. The number of carbonyl (C=O) groups excluding carboxylic acids is 1. The number of likely N-dealkylation sites (N-methyl/N-ethyl adjacent to an activating group) is 1. The molecule has 134 valence electrons. The normalized spacial score (nSPS) is 11.7. The fourth-order valence-electron chi connectivity index (χ4n) is 2.49. The molecule has 0 aliphatic rings. The van der Waals surface area contributed by atoms with Crippen LogP contribution in [-0.2, 0) is 11.3 Å². The smallest absolute Gasteiger partial charge is 0.263 e. The second-order valence-electron chi connectivity index (χ2n) is 6.13. The summed E-state index contributed by atoms with van der Waals surface area (Å²) >= 11 is 3.39. The molecule has 25 heavy (non-hydrogen) atoms. The van der Waals surface area contributed by atoms with Gasteiger partial charge in [-0.2, -0.15) is 0 Å². The molecule has 0 aromatic heterocycles. The van der Waals surface area contributed by atoms with Gasteiger partial charge in [0, 0.05) is 37.3 Å². The molecule has 0 aliphatic carbocycles.